The van der Waals surface area contributed by atoms with Gasteiger partial charge in [0.2, 0.25) is 0 Å². The third-order valence-corrected chi connectivity index (χ3v) is 6.34. The molecule has 0 bridgehead atoms. The van der Waals surface area contributed by atoms with E-state index in [0.717, 1.165) is 13.1 Å². The van der Waals surface area contributed by atoms with Crippen LogP contribution in [0, 0.1) is 0 Å². The van der Waals surface area contributed by atoms with Gasteiger partial charge in [-0.2, -0.15) is 0 Å². The predicted molar refractivity (Wildman–Crippen MR) is 134 cm³/mol. The van der Waals surface area contributed by atoms with Crippen LogP contribution in [0.3, 0.4) is 0 Å². The molecule has 2 atom stereocenters. The van der Waals surface area contributed by atoms with Gasteiger partial charge in [-0.25, -0.2) is 4.79 Å². The van der Waals surface area contributed by atoms with Crippen molar-refractivity contribution in [2.75, 3.05) is 20.3 Å². The van der Waals surface area contributed by atoms with Gasteiger partial charge in [0.05, 0.1) is 18.8 Å². The molecule has 34 heavy (non-hydrogen) atoms. The number of ether oxygens (including phenoxy) is 3. The first-order valence-electron chi connectivity index (χ1n) is 12.1. The number of amides is 1. The second kappa shape index (κ2) is 11.3. The Morgan fingerprint density at radius 2 is 1.53 bits per heavy atom. The molecule has 0 spiro atoms. The molecule has 0 N–H and O–H groups in total. The van der Waals surface area contributed by atoms with E-state index >= 15 is 0 Å². The van der Waals surface area contributed by atoms with Crippen molar-refractivity contribution in [2.45, 2.75) is 77.5 Å². The molecule has 0 aliphatic carbocycles. The lowest BCUT2D eigenvalue weighted by Gasteiger charge is -2.38. The second-order valence-corrected chi connectivity index (χ2v) is 10.3. The number of carbonyl (C=O) groups is 1. The molecule has 0 saturated carbocycles. The van der Waals surface area contributed by atoms with Gasteiger partial charge < -0.3 is 14.2 Å². The van der Waals surface area contributed by atoms with Gasteiger partial charge in [0, 0.05) is 32.7 Å². The summed E-state index contributed by atoms with van der Waals surface area (Å²) in [6, 6.07) is 21.0. The van der Waals surface area contributed by atoms with Crippen LogP contribution in [0.4, 0.5) is 4.79 Å². The van der Waals surface area contributed by atoms with E-state index in [1.165, 1.54) is 11.1 Å². The van der Waals surface area contributed by atoms with Crippen molar-refractivity contribution in [2.24, 2.45) is 0 Å². The minimum atomic E-state index is -0.696. The highest BCUT2D eigenvalue weighted by Gasteiger charge is 2.50. The summed E-state index contributed by atoms with van der Waals surface area (Å²) >= 11 is 0. The molecule has 1 saturated heterocycles. The van der Waals surface area contributed by atoms with Crippen molar-refractivity contribution in [3.05, 3.63) is 71.8 Å². The normalized spacial score (nSPS) is 18.6. The van der Waals surface area contributed by atoms with E-state index in [4.69, 9.17) is 14.2 Å². The number of methoxy groups -OCH3 is 1. The maximum Gasteiger partial charge on any atom is 0.412 e. The van der Waals surface area contributed by atoms with Crippen molar-refractivity contribution in [3.63, 3.8) is 0 Å². The summed E-state index contributed by atoms with van der Waals surface area (Å²) in [5.74, 6) is 0. The molecule has 1 amide bonds. The summed E-state index contributed by atoms with van der Waals surface area (Å²) in [6.07, 6.45) is 0.0390. The van der Waals surface area contributed by atoms with Crippen molar-refractivity contribution in [1.29, 1.82) is 0 Å². The quantitative estimate of drug-likeness (QED) is 0.463. The lowest BCUT2D eigenvalue weighted by Crippen LogP contribution is -2.53. The molecule has 1 aliphatic rings. The highest BCUT2D eigenvalue weighted by Crippen LogP contribution is 2.35. The van der Waals surface area contributed by atoms with Crippen LogP contribution < -0.4 is 0 Å². The largest absolute Gasteiger partial charge is 0.446 e. The summed E-state index contributed by atoms with van der Waals surface area (Å²) in [5.41, 5.74) is 1.36. The van der Waals surface area contributed by atoms with Crippen LogP contribution in [-0.4, -0.2) is 59.6 Å². The summed E-state index contributed by atoms with van der Waals surface area (Å²) in [7, 11) is 1.72. The molecule has 6 heteroatoms. The van der Waals surface area contributed by atoms with Crippen LogP contribution in [-0.2, 0) is 27.3 Å². The molecule has 2 aromatic rings. The van der Waals surface area contributed by atoms with E-state index in [2.05, 4.69) is 53.4 Å². The van der Waals surface area contributed by atoms with Gasteiger partial charge in [-0.1, -0.05) is 60.7 Å². The Bertz CT molecular complexity index is 844. The molecular formula is C28H40N2O4. The molecule has 186 valence electrons. The van der Waals surface area contributed by atoms with Gasteiger partial charge in [0.15, 0.2) is 0 Å². The molecule has 1 aliphatic heterocycles. The van der Waals surface area contributed by atoms with Crippen LogP contribution in [0.25, 0.3) is 0 Å². The zero-order chi connectivity index (χ0) is 24.8. The van der Waals surface area contributed by atoms with Gasteiger partial charge in [-0.3, -0.25) is 9.80 Å². The van der Waals surface area contributed by atoms with E-state index in [1.54, 1.807) is 12.0 Å². The third kappa shape index (κ3) is 6.81. The first-order valence-corrected chi connectivity index (χ1v) is 12.1. The zero-order valence-electron chi connectivity index (χ0n) is 21.5. The zero-order valence-corrected chi connectivity index (χ0v) is 21.5. The third-order valence-electron chi connectivity index (χ3n) is 6.34. The molecule has 2 aromatic carbocycles. The Hall–Kier alpha value is -2.41. The Morgan fingerprint density at radius 1 is 1.00 bits per heavy atom. The van der Waals surface area contributed by atoms with E-state index in [0.29, 0.717) is 19.6 Å². The second-order valence-electron chi connectivity index (χ2n) is 10.3. The lowest BCUT2D eigenvalue weighted by molar-refractivity contribution is -0.0603. The standard InChI is InChI=1S/C28H40N2O4/c1-22(34-26(31)30-27(2,3)21-33-28(30,4)5)17-25(20-32-6)29(18-23-13-9-7-10-14-23)19-24-15-11-8-12-16-24/h7-16,22,25H,17-21H2,1-6H3/t22-,25+/m1/s1. The first kappa shape index (κ1) is 26.2. The Balaban J connectivity index is 1.74. The van der Waals surface area contributed by atoms with Crippen LogP contribution in [0.2, 0.25) is 0 Å². The average molecular weight is 469 g/mol. The molecule has 0 aromatic heterocycles. The average Bonchev–Trinajstić information content (AvgIpc) is 3.01. The monoisotopic (exact) mass is 468 g/mol. The Morgan fingerprint density at radius 3 is 1.97 bits per heavy atom. The maximum atomic E-state index is 13.2. The van der Waals surface area contributed by atoms with Gasteiger partial charge in [0.1, 0.15) is 11.8 Å². The summed E-state index contributed by atoms with van der Waals surface area (Å²) in [5, 5.41) is 0. The van der Waals surface area contributed by atoms with Crippen LogP contribution in [0.1, 0.15) is 52.2 Å². The van der Waals surface area contributed by atoms with Crippen molar-refractivity contribution in [3.8, 4) is 0 Å². The minimum absolute atomic E-state index is 0.0732. The van der Waals surface area contributed by atoms with Crippen LogP contribution >= 0.6 is 0 Å². The minimum Gasteiger partial charge on any atom is -0.446 e. The fraction of sp³-hybridized carbons (Fsp3) is 0.536. The Kier molecular flexibility index (Phi) is 8.74. The highest BCUT2D eigenvalue weighted by atomic mass is 16.6. The fourth-order valence-electron chi connectivity index (χ4n) is 4.80. The molecule has 1 heterocycles. The molecule has 3 rings (SSSR count). The smallest absolute Gasteiger partial charge is 0.412 e. The van der Waals surface area contributed by atoms with E-state index in [1.807, 2.05) is 46.8 Å². The molecule has 0 unspecified atom stereocenters. The van der Waals surface area contributed by atoms with Gasteiger partial charge in [-0.05, 0) is 45.7 Å². The fourth-order valence-corrected chi connectivity index (χ4v) is 4.80. The number of carbonyl (C=O) groups excluding carboxylic acids is 1. The van der Waals surface area contributed by atoms with E-state index < -0.39 is 11.3 Å². The highest BCUT2D eigenvalue weighted by molar-refractivity contribution is 5.70. The maximum absolute atomic E-state index is 13.2. The number of rotatable bonds is 10. The van der Waals surface area contributed by atoms with Gasteiger partial charge in [-0.15, -0.1) is 0 Å². The number of hydrogen-bond acceptors (Lipinski definition) is 5. The van der Waals surface area contributed by atoms with Crippen molar-refractivity contribution < 1.29 is 19.0 Å². The Labute approximate surface area is 204 Å². The molecular weight excluding hydrogens is 428 g/mol. The predicted octanol–water partition coefficient (Wildman–Crippen LogP) is 5.47. The van der Waals surface area contributed by atoms with Gasteiger partial charge in [0.25, 0.3) is 0 Å². The van der Waals surface area contributed by atoms with E-state index in [-0.39, 0.29) is 18.2 Å². The SMILES string of the molecule is COC[C@H](C[C@@H](C)OC(=O)N1C(C)(C)COC1(C)C)N(Cc1ccccc1)Cc1ccccc1. The van der Waals surface area contributed by atoms with Crippen LogP contribution in [0.15, 0.2) is 60.7 Å². The molecule has 0 radical (unpaired) electrons. The number of benzene rings is 2. The topological polar surface area (TPSA) is 51.2 Å². The van der Waals surface area contributed by atoms with Crippen molar-refractivity contribution in [1.82, 2.24) is 9.80 Å². The van der Waals surface area contributed by atoms with E-state index in [9.17, 15) is 4.79 Å². The van der Waals surface area contributed by atoms with Crippen molar-refractivity contribution >= 4 is 6.09 Å². The number of hydrogen-bond donors (Lipinski definition) is 0. The summed E-state index contributed by atoms with van der Waals surface area (Å²) < 4.78 is 17.4. The summed E-state index contributed by atoms with van der Waals surface area (Å²) in [4.78, 5) is 17.3. The molecule has 1 fully saturated rings. The molecule has 6 nitrogen and oxygen atoms in total. The first-order chi connectivity index (χ1) is 16.1. The lowest BCUT2D eigenvalue weighted by atomic mass is 10.0. The summed E-state index contributed by atoms with van der Waals surface area (Å²) in [6.45, 7) is 12.4. The van der Waals surface area contributed by atoms with Gasteiger partial charge >= 0.3 is 6.09 Å². The number of nitrogens with zero attached hydrogens (tertiary/aromatic N) is 2. The van der Waals surface area contributed by atoms with Crippen LogP contribution in [0.5, 0.6) is 0 Å².